The van der Waals surface area contributed by atoms with Gasteiger partial charge >= 0.3 is 5.97 Å². The number of amides is 2. The lowest BCUT2D eigenvalue weighted by molar-refractivity contribution is -0.151. The number of ether oxygens (including phenoxy) is 1. The van der Waals surface area contributed by atoms with Crippen LogP contribution in [-0.4, -0.2) is 42.4 Å². The van der Waals surface area contributed by atoms with E-state index in [0.29, 0.717) is 18.7 Å². The Labute approximate surface area is 155 Å². The summed E-state index contributed by atoms with van der Waals surface area (Å²) in [6, 6.07) is 9.04. The molecular formula is C19H20N2O4S. The number of nitrogens with zero attached hydrogens (tertiary/aromatic N) is 1. The molecule has 0 spiro atoms. The van der Waals surface area contributed by atoms with Gasteiger partial charge in [-0.1, -0.05) is 17.7 Å². The van der Waals surface area contributed by atoms with E-state index in [0.717, 1.165) is 17.5 Å². The van der Waals surface area contributed by atoms with Crippen molar-refractivity contribution in [1.82, 2.24) is 10.2 Å². The van der Waals surface area contributed by atoms with E-state index >= 15 is 0 Å². The predicted molar refractivity (Wildman–Crippen MR) is 97.9 cm³/mol. The minimum atomic E-state index is -0.632. The number of hydrogen-bond donors (Lipinski definition) is 1. The van der Waals surface area contributed by atoms with E-state index in [4.69, 9.17) is 4.74 Å². The highest BCUT2D eigenvalue weighted by Crippen LogP contribution is 2.23. The number of aryl methyl sites for hydroxylation is 1. The lowest BCUT2D eigenvalue weighted by atomic mass is 10.1. The van der Waals surface area contributed by atoms with Crippen LogP contribution in [0, 0.1) is 6.92 Å². The molecule has 2 amide bonds. The first-order valence-electron chi connectivity index (χ1n) is 8.36. The van der Waals surface area contributed by atoms with E-state index in [1.165, 1.54) is 4.88 Å². The summed E-state index contributed by atoms with van der Waals surface area (Å²) in [4.78, 5) is 38.9. The number of esters is 1. The van der Waals surface area contributed by atoms with Gasteiger partial charge in [-0.25, -0.2) is 0 Å². The SMILES string of the molecule is Cc1ccc(C(=O)NCC(=O)OCC(=O)N2CCc3sccc3C2)cc1. The van der Waals surface area contributed by atoms with Crippen molar-refractivity contribution >= 4 is 29.1 Å². The highest BCUT2D eigenvalue weighted by molar-refractivity contribution is 7.10. The van der Waals surface area contributed by atoms with Gasteiger partial charge in [0.2, 0.25) is 0 Å². The summed E-state index contributed by atoms with van der Waals surface area (Å²) in [5.41, 5.74) is 2.68. The standard InChI is InChI=1S/C19H20N2O4S/c1-13-2-4-14(5-3-13)19(24)20-10-18(23)25-12-17(22)21-8-6-16-15(11-21)7-9-26-16/h2-5,7,9H,6,8,10-12H2,1H3,(H,20,24). The van der Waals surface area contributed by atoms with Crippen LogP contribution < -0.4 is 5.32 Å². The summed E-state index contributed by atoms with van der Waals surface area (Å²) in [7, 11) is 0. The normalized spacial score (nSPS) is 13.0. The molecule has 1 aliphatic rings. The Bertz CT molecular complexity index is 813. The second kappa shape index (κ2) is 8.14. The van der Waals surface area contributed by atoms with E-state index in [9.17, 15) is 14.4 Å². The molecule has 0 atom stereocenters. The van der Waals surface area contributed by atoms with Gasteiger partial charge in [-0.15, -0.1) is 11.3 Å². The second-order valence-electron chi connectivity index (χ2n) is 6.14. The third kappa shape index (κ3) is 4.49. The number of rotatable bonds is 5. The third-order valence-electron chi connectivity index (χ3n) is 4.22. The lowest BCUT2D eigenvalue weighted by Crippen LogP contribution is -2.39. The zero-order valence-corrected chi connectivity index (χ0v) is 15.3. The molecule has 1 aliphatic heterocycles. The van der Waals surface area contributed by atoms with Crippen LogP contribution in [0.25, 0.3) is 0 Å². The number of hydrogen-bond acceptors (Lipinski definition) is 5. The number of carbonyl (C=O) groups is 3. The average Bonchev–Trinajstić information content (AvgIpc) is 3.12. The molecule has 2 heterocycles. The topological polar surface area (TPSA) is 75.7 Å². The van der Waals surface area contributed by atoms with Crippen LogP contribution in [0.3, 0.4) is 0 Å². The molecule has 1 aromatic carbocycles. The molecule has 1 N–H and O–H groups in total. The van der Waals surface area contributed by atoms with E-state index in [1.807, 2.05) is 30.5 Å². The molecular weight excluding hydrogens is 352 g/mol. The van der Waals surface area contributed by atoms with Crippen LogP contribution in [0.15, 0.2) is 35.7 Å². The molecule has 0 saturated heterocycles. The molecule has 0 aliphatic carbocycles. The van der Waals surface area contributed by atoms with Crippen LogP contribution in [-0.2, 0) is 27.3 Å². The minimum absolute atomic E-state index is 0.222. The molecule has 1 aromatic heterocycles. The maximum absolute atomic E-state index is 12.2. The molecule has 3 rings (SSSR count). The summed E-state index contributed by atoms with van der Waals surface area (Å²) in [6.07, 6.45) is 0.833. The molecule has 26 heavy (non-hydrogen) atoms. The first-order chi connectivity index (χ1) is 12.5. The maximum Gasteiger partial charge on any atom is 0.325 e. The van der Waals surface area contributed by atoms with E-state index < -0.39 is 5.97 Å². The van der Waals surface area contributed by atoms with Crippen molar-refractivity contribution in [2.75, 3.05) is 19.7 Å². The fraction of sp³-hybridized carbons (Fsp3) is 0.316. The molecule has 136 valence electrons. The summed E-state index contributed by atoms with van der Waals surface area (Å²) in [5, 5.41) is 4.52. The maximum atomic E-state index is 12.2. The summed E-state index contributed by atoms with van der Waals surface area (Å²) < 4.78 is 4.99. The van der Waals surface area contributed by atoms with Gasteiger partial charge in [-0.3, -0.25) is 14.4 Å². The number of nitrogens with one attached hydrogen (secondary N) is 1. The molecule has 0 fully saturated rings. The van der Waals surface area contributed by atoms with Gasteiger partial charge < -0.3 is 15.0 Å². The van der Waals surface area contributed by atoms with Crippen LogP contribution in [0.5, 0.6) is 0 Å². The van der Waals surface area contributed by atoms with Crippen molar-refractivity contribution in [3.8, 4) is 0 Å². The largest absolute Gasteiger partial charge is 0.454 e. The highest BCUT2D eigenvalue weighted by atomic mass is 32.1. The van der Waals surface area contributed by atoms with Crippen molar-refractivity contribution in [2.24, 2.45) is 0 Å². The van der Waals surface area contributed by atoms with Crippen LogP contribution in [0.4, 0.5) is 0 Å². The van der Waals surface area contributed by atoms with Crippen molar-refractivity contribution < 1.29 is 19.1 Å². The van der Waals surface area contributed by atoms with Gasteiger partial charge in [-0.2, -0.15) is 0 Å². The zero-order valence-electron chi connectivity index (χ0n) is 14.5. The summed E-state index contributed by atoms with van der Waals surface area (Å²) in [6.45, 7) is 2.54. The van der Waals surface area contributed by atoms with Crippen LogP contribution >= 0.6 is 11.3 Å². The number of benzene rings is 1. The fourth-order valence-corrected chi connectivity index (χ4v) is 3.60. The zero-order chi connectivity index (χ0) is 18.5. The van der Waals surface area contributed by atoms with Gasteiger partial charge in [0.05, 0.1) is 0 Å². The Balaban J connectivity index is 1.40. The summed E-state index contributed by atoms with van der Waals surface area (Å²) >= 11 is 1.70. The Morgan fingerprint density at radius 2 is 1.96 bits per heavy atom. The molecule has 0 radical (unpaired) electrons. The number of fused-ring (bicyclic) bond motifs is 1. The predicted octanol–water partition coefficient (Wildman–Crippen LogP) is 1.91. The average molecular weight is 372 g/mol. The summed E-state index contributed by atoms with van der Waals surface area (Å²) in [5.74, 6) is -1.21. The van der Waals surface area contributed by atoms with Crippen LogP contribution in [0.1, 0.15) is 26.4 Å². The minimum Gasteiger partial charge on any atom is -0.454 e. The Hall–Kier alpha value is -2.67. The van der Waals surface area contributed by atoms with Gasteiger partial charge in [-0.05, 0) is 42.5 Å². The van der Waals surface area contributed by atoms with Gasteiger partial charge in [0.1, 0.15) is 6.54 Å². The fourth-order valence-electron chi connectivity index (χ4n) is 2.71. The Morgan fingerprint density at radius 1 is 1.19 bits per heavy atom. The van der Waals surface area contributed by atoms with Gasteiger partial charge in [0, 0.05) is 23.5 Å². The highest BCUT2D eigenvalue weighted by Gasteiger charge is 2.22. The quantitative estimate of drug-likeness (QED) is 0.814. The van der Waals surface area contributed by atoms with Gasteiger partial charge in [0.25, 0.3) is 11.8 Å². The third-order valence-corrected chi connectivity index (χ3v) is 5.25. The molecule has 0 unspecified atom stereocenters. The van der Waals surface area contributed by atoms with Crippen molar-refractivity contribution in [2.45, 2.75) is 19.9 Å². The molecule has 0 bridgehead atoms. The van der Waals surface area contributed by atoms with Crippen LogP contribution in [0.2, 0.25) is 0 Å². The van der Waals surface area contributed by atoms with E-state index in [-0.39, 0.29) is 25.0 Å². The van der Waals surface area contributed by atoms with Crippen molar-refractivity contribution in [3.63, 3.8) is 0 Å². The molecule has 0 saturated carbocycles. The Morgan fingerprint density at radius 3 is 2.73 bits per heavy atom. The molecule has 2 aromatic rings. The number of carbonyl (C=O) groups excluding carboxylic acids is 3. The molecule has 6 nitrogen and oxygen atoms in total. The van der Waals surface area contributed by atoms with E-state index in [1.54, 1.807) is 28.4 Å². The van der Waals surface area contributed by atoms with Crippen molar-refractivity contribution in [1.29, 1.82) is 0 Å². The first-order valence-corrected chi connectivity index (χ1v) is 9.24. The Kier molecular flexibility index (Phi) is 5.68. The first kappa shape index (κ1) is 18.1. The van der Waals surface area contributed by atoms with Crippen molar-refractivity contribution in [3.05, 3.63) is 57.3 Å². The van der Waals surface area contributed by atoms with Gasteiger partial charge in [0.15, 0.2) is 6.61 Å². The molecule has 7 heteroatoms. The smallest absolute Gasteiger partial charge is 0.325 e. The lowest BCUT2D eigenvalue weighted by Gasteiger charge is -2.26. The second-order valence-corrected chi connectivity index (χ2v) is 7.14. The number of thiophene rings is 1. The monoisotopic (exact) mass is 372 g/mol. The van der Waals surface area contributed by atoms with E-state index in [2.05, 4.69) is 5.32 Å².